The summed E-state index contributed by atoms with van der Waals surface area (Å²) in [7, 11) is 0. The third-order valence-corrected chi connectivity index (χ3v) is 13.7. The molecule has 11 aromatic rings. The first kappa shape index (κ1) is 48.4. The van der Waals surface area contributed by atoms with E-state index in [1.807, 2.05) is 0 Å². The smallest absolute Gasteiger partial charge is 0.0462 e. The number of nitrogens with zero attached hydrogens (tertiary/aromatic N) is 4. The molecule has 0 atom stereocenters. The number of allylic oxidation sites excluding steroid dienone is 3. The molecule has 0 saturated heterocycles. The minimum absolute atomic E-state index is 1.08. The Bertz CT molecular complexity index is 3600. The Balaban J connectivity index is 0.819. The Labute approximate surface area is 448 Å². The summed E-state index contributed by atoms with van der Waals surface area (Å²) >= 11 is 0. The number of hydrogen-bond acceptors (Lipinski definition) is 4. The molecule has 0 aliphatic rings. The number of rotatable bonds is 16. The molecule has 0 saturated carbocycles. The van der Waals surface area contributed by atoms with Crippen LogP contribution >= 0.6 is 0 Å². The highest BCUT2D eigenvalue weighted by molar-refractivity contribution is 5.84. The zero-order valence-electron chi connectivity index (χ0n) is 42.8. The average molecular weight is 979 g/mol. The largest absolute Gasteiger partial charge is 0.311 e. The number of hydrogen-bond donors (Lipinski definition) is 0. The molecule has 0 radical (unpaired) electrons. The molecular formula is C72H58N4. The fourth-order valence-electron chi connectivity index (χ4n) is 9.96. The standard InChI is InChI=1S/C72H58N4/c1-3-20-61(4-2)73(62-21-10-5-11-22-62)67-43-31-55(32-44-67)57-35-47-69(48-36-57)75(65-27-16-8-17-28-65)71-51-39-59(40-52-71)60-41-53-72(54-42-60)76(66-29-18-9-19-30-66)70-49-37-58(38-50-70)56-33-45-68(46-34-56)74(63-23-12-6-13-24-63)64-25-14-7-15-26-64/h3-54H,1-2H3/b20-3-,61-4+. The Kier molecular flexibility index (Phi) is 14.6. The van der Waals surface area contributed by atoms with Crippen LogP contribution in [0.4, 0.5) is 62.6 Å². The Morgan fingerprint density at radius 2 is 0.408 bits per heavy atom. The molecule has 0 unspecified atom stereocenters. The molecule has 0 aliphatic carbocycles. The first-order valence-corrected chi connectivity index (χ1v) is 26.0. The minimum atomic E-state index is 1.08. The van der Waals surface area contributed by atoms with Gasteiger partial charge in [0.25, 0.3) is 0 Å². The minimum Gasteiger partial charge on any atom is -0.311 e. The lowest BCUT2D eigenvalue weighted by Gasteiger charge is -2.27. The second kappa shape index (κ2) is 22.9. The van der Waals surface area contributed by atoms with Crippen LogP contribution in [0, 0.1) is 0 Å². The van der Waals surface area contributed by atoms with E-state index in [0.717, 1.165) is 102 Å². The fourth-order valence-corrected chi connectivity index (χ4v) is 9.96. The molecule has 0 N–H and O–H groups in total. The van der Waals surface area contributed by atoms with Gasteiger partial charge in [-0.15, -0.1) is 0 Å². The van der Waals surface area contributed by atoms with Crippen molar-refractivity contribution in [2.75, 3.05) is 19.6 Å². The van der Waals surface area contributed by atoms with Crippen LogP contribution in [-0.2, 0) is 0 Å². The van der Waals surface area contributed by atoms with Gasteiger partial charge in [0.15, 0.2) is 0 Å². The van der Waals surface area contributed by atoms with E-state index in [1.165, 1.54) is 0 Å². The van der Waals surface area contributed by atoms with Crippen molar-refractivity contribution >= 4 is 62.6 Å². The summed E-state index contributed by atoms with van der Waals surface area (Å²) in [5.41, 5.74) is 20.2. The van der Waals surface area contributed by atoms with Crippen LogP contribution in [0.15, 0.2) is 321 Å². The van der Waals surface area contributed by atoms with Crippen LogP contribution in [0.2, 0.25) is 0 Å². The van der Waals surface area contributed by atoms with Crippen molar-refractivity contribution < 1.29 is 0 Å². The van der Waals surface area contributed by atoms with E-state index in [9.17, 15) is 0 Å². The summed E-state index contributed by atoms with van der Waals surface area (Å²) in [6.07, 6.45) is 6.39. The van der Waals surface area contributed by atoms with Gasteiger partial charge in [-0.3, -0.25) is 0 Å². The first-order valence-electron chi connectivity index (χ1n) is 26.0. The summed E-state index contributed by atoms with van der Waals surface area (Å²) in [6, 6.07) is 106. The van der Waals surface area contributed by atoms with E-state index in [0.29, 0.717) is 0 Å². The SMILES string of the molecule is C/C=C\C(=C/C)N(c1ccccc1)c1ccc(-c2ccc(N(c3ccccc3)c3ccc(-c4ccc(N(c5ccccc5)c5ccc(-c6ccc(N(c7ccccc7)c7ccccc7)cc6)cc5)cc4)cc3)cc2)cc1. The predicted molar refractivity (Wildman–Crippen MR) is 324 cm³/mol. The van der Waals surface area contributed by atoms with Crippen LogP contribution in [0.1, 0.15) is 13.8 Å². The summed E-state index contributed by atoms with van der Waals surface area (Å²) < 4.78 is 0. The summed E-state index contributed by atoms with van der Waals surface area (Å²) in [4.78, 5) is 9.22. The second-order valence-corrected chi connectivity index (χ2v) is 18.5. The third-order valence-electron chi connectivity index (χ3n) is 13.7. The molecule has 11 rings (SSSR count). The number of benzene rings is 11. The van der Waals surface area contributed by atoms with Gasteiger partial charge in [-0.2, -0.15) is 0 Å². The highest BCUT2D eigenvalue weighted by Crippen LogP contribution is 2.41. The van der Waals surface area contributed by atoms with Crippen molar-refractivity contribution in [2.24, 2.45) is 0 Å². The van der Waals surface area contributed by atoms with E-state index in [2.05, 4.69) is 349 Å². The number of para-hydroxylation sites is 5. The van der Waals surface area contributed by atoms with Crippen LogP contribution < -0.4 is 19.6 Å². The molecule has 0 aromatic heterocycles. The number of anilines is 11. The van der Waals surface area contributed by atoms with Gasteiger partial charge in [-0.25, -0.2) is 0 Å². The molecule has 4 nitrogen and oxygen atoms in total. The van der Waals surface area contributed by atoms with Crippen molar-refractivity contribution in [3.8, 4) is 33.4 Å². The molecule has 0 bridgehead atoms. The van der Waals surface area contributed by atoms with Crippen LogP contribution in [0.3, 0.4) is 0 Å². The van der Waals surface area contributed by atoms with Crippen molar-refractivity contribution in [3.05, 3.63) is 321 Å². The zero-order chi connectivity index (χ0) is 51.5. The molecule has 4 heteroatoms. The monoisotopic (exact) mass is 978 g/mol. The molecule has 366 valence electrons. The van der Waals surface area contributed by atoms with Crippen LogP contribution in [0.5, 0.6) is 0 Å². The molecule has 0 heterocycles. The lowest BCUT2D eigenvalue weighted by molar-refractivity contribution is 1.20. The van der Waals surface area contributed by atoms with Gasteiger partial charge < -0.3 is 19.6 Å². The maximum Gasteiger partial charge on any atom is 0.0462 e. The molecule has 0 fully saturated rings. The molecule has 11 aromatic carbocycles. The highest BCUT2D eigenvalue weighted by atomic mass is 15.2. The third kappa shape index (κ3) is 10.6. The van der Waals surface area contributed by atoms with Gasteiger partial charge in [0, 0.05) is 68.3 Å². The van der Waals surface area contributed by atoms with Crippen LogP contribution in [0.25, 0.3) is 33.4 Å². The Hall–Kier alpha value is -9.90. The van der Waals surface area contributed by atoms with Gasteiger partial charge in [0.05, 0.1) is 0 Å². The topological polar surface area (TPSA) is 13.0 Å². The lowest BCUT2D eigenvalue weighted by atomic mass is 10.0. The van der Waals surface area contributed by atoms with Crippen molar-refractivity contribution in [1.29, 1.82) is 0 Å². The molecule has 0 aliphatic heterocycles. The predicted octanol–water partition coefficient (Wildman–Crippen LogP) is 20.7. The average Bonchev–Trinajstić information content (AvgIpc) is 3.50. The molecule has 0 spiro atoms. The normalized spacial score (nSPS) is 11.3. The molecular weight excluding hydrogens is 921 g/mol. The van der Waals surface area contributed by atoms with Gasteiger partial charge in [-0.05, 0) is 187 Å². The Morgan fingerprint density at radius 3 is 0.618 bits per heavy atom. The van der Waals surface area contributed by atoms with Crippen molar-refractivity contribution in [1.82, 2.24) is 0 Å². The molecule has 76 heavy (non-hydrogen) atoms. The van der Waals surface area contributed by atoms with Gasteiger partial charge in [0.2, 0.25) is 0 Å². The maximum atomic E-state index is 2.32. The zero-order valence-corrected chi connectivity index (χ0v) is 42.8. The summed E-state index contributed by atoms with van der Waals surface area (Å²) in [5.74, 6) is 0. The lowest BCUT2D eigenvalue weighted by Crippen LogP contribution is -2.14. The van der Waals surface area contributed by atoms with Crippen molar-refractivity contribution in [2.45, 2.75) is 13.8 Å². The van der Waals surface area contributed by atoms with Gasteiger partial charge in [0.1, 0.15) is 0 Å². The second-order valence-electron chi connectivity index (χ2n) is 18.5. The van der Waals surface area contributed by atoms with E-state index >= 15 is 0 Å². The van der Waals surface area contributed by atoms with Crippen molar-refractivity contribution in [3.63, 3.8) is 0 Å². The van der Waals surface area contributed by atoms with E-state index in [-0.39, 0.29) is 0 Å². The fraction of sp³-hybridized carbons (Fsp3) is 0.0278. The van der Waals surface area contributed by atoms with E-state index in [1.54, 1.807) is 0 Å². The van der Waals surface area contributed by atoms with Gasteiger partial charge >= 0.3 is 0 Å². The Morgan fingerprint density at radius 1 is 0.224 bits per heavy atom. The highest BCUT2D eigenvalue weighted by Gasteiger charge is 2.18. The molecule has 0 amide bonds. The maximum absolute atomic E-state index is 2.32. The van der Waals surface area contributed by atoms with E-state index in [4.69, 9.17) is 0 Å². The van der Waals surface area contributed by atoms with Crippen LogP contribution in [-0.4, -0.2) is 0 Å². The summed E-state index contributed by atoms with van der Waals surface area (Å²) in [5, 5.41) is 0. The van der Waals surface area contributed by atoms with E-state index < -0.39 is 0 Å². The first-order chi connectivity index (χ1) is 37.6. The summed E-state index contributed by atoms with van der Waals surface area (Å²) in [6.45, 7) is 4.14. The van der Waals surface area contributed by atoms with Gasteiger partial charge in [-0.1, -0.05) is 176 Å². The quantitative estimate of drug-likeness (QED) is 0.0895.